The normalized spacial score (nSPS) is 21.4. The zero-order chi connectivity index (χ0) is 13.9. The van der Waals surface area contributed by atoms with Gasteiger partial charge in [-0.05, 0) is 5.56 Å². The Balaban J connectivity index is 2.06. The number of aromatic nitrogens is 1. The minimum Gasteiger partial charge on any atom is -0.481 e. The average Bonchev–Trinajstić information content (AvgIpc) is 2.39. The molecule has 1 atom stereocenters. The van der Waals surface area contributed by atoms with Crippen LogP contribution in [-0.2, 0) is 6.54 Å². The molecule has 106 valence electrons. The number of nitrogens with zero attached hydrogens (tertiary/aromatic N) is 2. The fourth-order valence-electron chi connectivity index (χ4n) is 2.12. The number of pyridine rings is 1. The van der Waals surface area contributed by atoms with Gasteiger partial charge in [-0.25, -0.2) is 4.98 Å². The standard InChI is InChI=1S/C12H16F3N3O/c1-19-11-3-2-9(6-17-11)8-18-5-4-16-7-10(18)12(13,14)15/h2-3,6,10,16H,4-5,7-8H2,1H3/t10-/m0/s1. The molecule has 4 nitrogen and oxygen atoms in total. The Morgan fingerprint density at radius 3 is 2.84 bits per heavy atom. The Morgan fingerprint density at radius 2 is 2.26 bits per heavy atom. The van der Waals surface area contributed by atoms with Crippen LogP contribution in [0, 0.1) is 0 Å². The van der Waals surface area contributed by atoms with E-state index in [0.717, 1.165) is 5.56 Å². The zero-order valence-electron chi connectivity index (χ0n) is 10.6. The number of methoxy groups -OCH3 is 1. The fraction of sp³-hybridized carbons (Fsp3) is 0.583. The lowest BCUT2D eigenvalue weighted by Crippen LogP contribution is -2.57. The van der Waals surface area contributed by atoms with Crippen LogP contribution in [0.15, 0.2) is 18.3 Å². The molecule has 1 saturated heterocycles. The molecular weight excluding hydrogens is 259 g/mol. The van der Waals surface area contributed by atoms with Gasteiger partial charge >= 0.3 is 6.18 Å². The molecule has 0 aliphatic carbocycles. The summed E-state index contributed by atoms with van der Waals surface area (Å²) < 4.78 is 43.6. The smallest absolute Gasteiger partial charge is 0.405 e. The Bertz CT molecular complexity index is 408. The molecule has 2 rings (SSSR count). The molecule has 0 amide bonds. The summed E-state index contributed by atoms with van der Waals surface area (Å²) in [5.41, 5.74) is 0.747. The Kier molecular flexibility index (Phi) is 4.26. The van der Waals surface area contributed by atoms with Crippen LogP contribution < -0.4 is 10.1 Å². The molecule has 1 aliphatic rings. The van der Waals surface area contributed by atoms with E-state index in [1.807, 2.05) is 0 Å². The topological polar surface area (TPSA) is 37.4 Å². The van der Waals surface area contributed by atoms with Gasteiger partial charge in [0.2, 0.25) is 5.88 Å². The second-order valence-corrected chi connectivity index (χ2v) is 4.44. The SMILES string of the molecule is COc1ccc(CN2CCNC[C@H]2C(F)(F)F)cn1. The first-order chi connectivity index (χ1) is 9.00. The first-order valence-corrected chi connectivity index (χ1v) is 6.01. The molecule has 0 spiro atoms. The fourth-order valence-corrected chi connectivity index (χ4v) is 2.12. The molecule has 0 aromatic carbocycles. The van der Waals surface area contributed by atoms with Crippen LogP contribution in [0.1, 0.15) is 5.56 Å². The quantitative estimate of drug-likeness (QED) is 0.905. The molecule has 1 fully saturated rings. The van der Waals surface area contributed by atoms with Gasteiger partial charge in [-0.2, -0.15) is 13.2 Å². The summed E-state index contributed by atoms with van der Waals surface area (Å²) in [4.78, 5) is 5.43. The highest BCUT2D eigenvalue weighted by atomic mass is 19.4. The third kappa shape index (κ3) is 3.57. The minimum absolute atomic E-state index is 0.0624. The van der Waals surface area contributed by atoms with Crippen molar-refractivity contribution >= 4 is 0 Å². The highest BCUT2D eigenvalue weighted by Gasteiger charge is 2.44. The molecule has 1 N–H and O–H groups in total. The van der Waals surface area contributed by atoms with E-state index in [1.165, 1.54) is 12.0 Å². The van der Waals surface area contributed by atoms with E-state index in [1.54, 1.807) is 18.3 Å². The van der Waals surface area contributed by atoms with Gasteiger partial charge in [0, 0.05) is 38.4 Å². The third-order valence-electron chi connectivity index (χ3n) is 3.12. The molecule has 0 unspecified atom stereocenters. The highest BCUT2D eigenvalue weighted by Crippen LogP contribution is 2.27. The van der Waals surface area contributed by atoms with Crippen molar-refractivity contribution in [1.82, 2.24) is 15.2 Å². The van der Waals surface area contributed by atoms with E-state index in [2.05, 4.69) is 10.3 Å². The van der Waals surface area contributed by atoms with Gasteiger partial charge in [-0.15, -0.1) is 0 Å². The number of alkyl halides is 3. The monoisotopic (exact) mass is 275 g/mol. The van der Waals surface area contributed by atoms with Crippen LogP contribution in [0.25, 0.3) is 0 Å². The zero-order valence-corrected chi connectivity index (χ0v) is 10.6. The molecule has 0 radical (unpaired) electrons. The molecule has 1 aromatic heterocycles. The van der Waals surface area contributed by atoms with Crippen molar-refractivity contribution in [1.29, 1.82) is 0 Å². The number of hydrogen-bond donors (Lipinski definition) is 1. The van der Waals surface area contributed by atoms with E-state index >= 15 is 0 Å². The first kappa shape index (κ1) is 14.1. The van der Waals surface area contributed by atoms with Crippen molar-refractivity contribution in [2.45, 2.75) is 18.8 Å². The van der Waals surface area contributed by atoms with Crippen LogP contribution in [0.2, 0.25) is 0 Å². The lowest BCUT2D eigenvalue weighted by molar-refractivity contribution is -0.188. The Morgan fingerprint density at radius 1 is 1.47 bits per heavy atom. The average molecular weight is 275 g/mol. The van der Waals surface area contributed by atoms with E-state index in [4.69, 9.17) is 4.74 Å². The lowest BCUT2D eigenvalue weighted by Gasteiger charge is -2.37. The van der Waals surface area contributed by atoms with Crippen molar-refractivity contribution < 1.29 is 17.9 Å². The van der Waals surface area contributed by atoms with Crippen molar-refractivity contribution in [2.24, 2.45) is 0 Å². The molecule has 1 aromatic rings. The van der Waals surface area contributed by atoms with Crippen LogP contribution in [0.5, 0.6) is 5.88 Å². The summed E-state index contributed by atoms with van der Waals surface area (Å²) in [6, 6.07) is 1.95. The summed E-state index contributed by atoms with van der Waals surface area (Å²) in [6.07, 6.45) is -2.67. The Hall–Kier alpha value is -1.34. The molecule has 0 saturated carbocycles. The van der Waals surface area contributed by atoms with Gasteiger partial charge in [0.25, 0.3) is 0 Å². The molecule has 2 heterocycles. The number of piperazine rings is 1. The van der Waals surface area contributed by atoms with Crippen molar-refractivity contribution in [3.8, 4) is 5.88 Å². The van der Waals surface area contributed by atoms with Gasteiger partial charge < -0.3 is 10.1 Å². The van der Waals surface area contributed by atoms with Crippen LogP contribution in [-0.4, -0.2) is 48.8 Å². The maximum Gasteiger partial charge on any atom is 0.405 e. The molecule has 19 heavy (non-hydrogen) atoms. The summed E-state index contributed by atoms with van der Waals surface area (Å²) in [7, 11) is 1.50. The van der Waals surface area contributed by atoms with Gasteiger partial charge in [0.05, 0.1) is 7.11 Å². The first-order valence-electron chi connectivity index (χ1n) is 6.01. The van der Waals surface area contributed by atoms with Gasteiger partial charge in [-0.1, -0.05) is 6.07 Å². The van der Waals surface area contributed by atoms with Crippen LogP contribution >= 0.6 is 0 Å². The summed E-state index contributed by atoms with van der Waals surface area (Å²) >= 11 is 0. The van der Waals surface area contributed by atoms with Crippen molar-refractivity contribution in [3.05, 3.63) is 23.9 Å². The molecule has 1 aliphatic heterocycles. The maximum absolute atomic E-state index is 12.9. The second kappa shape index (κ2) is 5.75. The van der Waals surface area contributed by atoms with Gasteiger partial charge in [0.15, 0.2) is 0 Å². The number of halogens is 3. The lowest BCUT2D eigenvalue weighted by atomic mass is 10.1. The van der Waals surface area contributed by atoms with E-state index in [0.29, 0.717) is 19.0 Å². The van der Waals surface area contributed by atoms with Crippen LogP contribution in [0.4, 0.5) is 13.2 Å². The minimum atomic E-state index is -4.21. The van der Waals surface area contributed by atoms with Crippen molar-refractivity contribution in [3.63, 3.8) is 0 Å². The van der Waals surface area contributed by atoms with E-state index in [-0.39, 0.29) is 13.1 Å². The predicted molar refractivity (Wildman–Crippen MR) is 63.9 cm³/mol. The Labute approximate surface area is 109 Å². The van der Waals surface area contributed by atoms with E-state index < -0.39 is 12.2 Å². The number of ether oxygens (including phenoxy) is 1. The summed E-state index contributed by atoms with van der Waals surface area (Å²) in [6.45, 7) is 1.11. The van der Waals surface area contributed by atoms with Gasteiger partial charge in [0.1, 0.15) is 6.04 Å². The second-order valence-electron chi connectivity index (χ2n) is 4.44. The van der Waals surface area contributed by atoms with Crippen LogP contribution in [0.3, 0.4) is 0 Å². The number of hydrogen-bond acceptors (Lipinski definition) is 4. The number of rotatable bonds is 3. The van der Waals surface area contributed by atoms with E-state index in [9.17, 15) is 13.2 Å². The molecule has 7 heteroatoms. The number of nitrogens with one attached hydrogen (secondary N) is 1. The largest absolute Gasteiger partial charge is 0.481 e. The summed E-state index contributed by atoms with van der Waals surface area (Å²) in [5, 5.41) is 2.78. The molecule has 0 bridgehead atoms. The summed E-state index contributed by atoms with van der Waals surface area (Å²) in [5.74, 6) is 0.455. The third-order valence-corrected chi connectivity index (χ3v) is 3.12. The molecular formula is C12H16F3N3O. The van der Waals surface area contributed by atoms with Gasteiger partial charge in [-0.3, -0.25) is 4.90 Å². The highest BCUT2D eigenvalue weighted by molar-refractivity contribution is 5.17. The van der Waals surface area contributed by atoms with Crippen molar-refractivity contribution in [2.75, 3.05) is 26.7 Å². The predicted octanol–water partition coefficient (Wildman–Crippen LogP) is 1.43. The maximum atomic E-state index is 12.9.